The van der Waals surface area contributed by atoms with Gasteiger partial charge in [-0.2, -0.15) is 6.08 Å². The monoisotopic (exact) mass is 936 g/mol. The normalized spacial score (nSPS) is 16.1. The molecule has 5 aromatic carbocycles. The Kier molecular flexibility index (Phi) is 14.3. The van der Waals surface area contributed by atoms with Crippen LogP contribution < -0.4 is 24.8 Å². The van der Waals surface area contributed by atoms with E-state index in [1.807, 2.05) is 12.2 Å². The van der Waals surface area contributed by atoms with Crippen molar-refractivity contribution in [1.29, 1.82) is 0 Å². The van der Waals surface area contributed by atoms with Crippen molar-refractivity contribution in [2.75, 3.05) is 0 Å². The quantitative estimate of drug-likeness (QED) is 0.122. The zero-order chi connectivity index (χ0) is 42.8. The molecule has 0 radical (unpaired) electrons. The molecular weight excluding hydrogens is 889 g/mol. The van der Waals surface area contributed by atoms with Gasteiger partial charge in [0.2, 0.25) is 0 Å². The van der Waals surface area contributed by atoms with E-state index < -0.39 is 23.5 Å². The minimum Gasteiger partial charge on any atom is -1.00 e. The fraction of sp³-hybridized carbons (Fsp3) is 0.333. The minimum atomic E-state index is -4.41. The van der Waals surface area contributed by atoms with Crippen molar-refractivity contribution >= 4 is 35.9 Å². The van der Waals surface area contributed by atoms with Crippen molar-refractivity contribution in [2.45, 2.75) is 98.8 Å². The molecule has 0 heterocycles. The summed E-state index contributed by atoms with van der Waals surface area (Å²) in [5.74, 6) is 0. The summed E-state index contributed by atoms with van der Waals surface area (Å²) in [7, 11) is 0. The predicted molar refractivity (Wildman–Crippen MR) is 226 cm³/mol. The number of halogens is 8. The Balaban J connectivity index is 0.000000240. The zero-order valence-corrected chi connectivity index (χ0v) is 39.6. The summed E-state index contributed by atoms with van der Waals surface area (Å²) in [6, 6.07) is 21.5. The van der Waals surface area contributed by atoms with Crippen LogP contribution in [0.5, 0.6) is 0 Å². The van der Waals surface area contributed by atoms with Gasteiger partial charge in [0.15, 0.2) is 0 Å². The van der Waals surface area contributed by atoms with Gasteiger partial charge < -0.3 is 24.8 Å². The topological polar surface area (TPSA) is 0 Å². The summed E-state index contributed by atoms with van der Waals surface area (Å²) in [5.41, 5.74) is 8.89. The maximum atomic E-state index is 12.5. The van der Waals surface area contributed by atoms with Crippen LogP contribution in [-0.4, -0.2) is 3.21 Å². The van der Waals surface area contributed by atoms with Gasteiger partial charge in [0.05, 0.1) is 0 Å². The van der Waals surface area contributed by atoms with Crippen molar-refractivity contribution in [3.05, 3.63) is 160 Å². The van der Waals surface area contributed by atoms with Gasteiger partial charge in [0.25, 0.3) is 0 Å². The van der Waals surface area contributed by atoms with Gasteiger partial charge in [-0.15, -0.1) is 46.2 Å². The van der Waals surface area contributed by atoms with Gasteiger partial charge in [-0.3, -0.25) is 6.08 Å². The minimum absolute atomic E-state index is 0. The Morgan fingerprint density at radius 3 is 1.23 bits per heavy atom. The predicted octanol–water partition coefficient (Wildman–Crippen LogP) is 9.31. The molecule has 0 bridgehead atoms. The van der Waals surface area contributed by atoms with Gasteiger partial charge in [0.1, 0.15) is 0 Å². The first-order chi connectivity index (χ1) is 26.7. The van der Waals surface area contributed by atoms with E-state index in [1.54, 1.807) is 0 Å². The first kappa shape index (κ1) is 49.3. The van der Waals surface area contributed by atoms with Gasteiger partial charge in [-0.05, 0) is 33.1 Å². The second-order valence-electron chi connectivity index (χ2n) is 18.7. The second-order valence-corrected chi connectivity index (χ2v) is 19.9. The van der Waals surface area contributed by atoms with Crippen molar-refractivity contribution in [3.8, 4) is 0 Å². The number of hydrogen-bond donors (Lipinski definition) is 0. The van der Waals surface area contributed by atoms with E-state index >= 15 is 0 Å². The van der Waals surface area contributed by atoms with E-state index in [0.29, 0.717) is 14.3 Å². The van der Waals surface area contributed by atoms with Crippen LogP contribution in [0.2, 0.25) is 0 Å². The molecule has 0 saturated carbocycles. The number of hydrogen-bond acceptors (Lipinski definition) is 0. The zero-order valence-electron chi connectivity index (χ0n) is 35.6. The van der Waals surface area contributed by atoms with Crippen LogP contribution in [0, 0.1) is 16.9 Å². The molecule has 0 atom stereocenters. The molecule has 9 heteroatoms. The third-order valence-corrected chi connectivity index (χ3v) is 12.6. The van der Waals surface area contributed by atoms with Crippen molar-refractivity contribution < 1.29 is 75.4 Å². The number of rotatable bonds is 2. The average Bonchev–Trinajstić information content (AvgIpc) is 3.91. The third-order valence-electron chi connectivity index (χ3n) is 11.2. The molecule has 60 heavy (non-hydrogen) atoms. The van der Waals surface area contributed by atoms with Crippen molar-refractivity contribution in [2.24, 2.45) is 10.8 Å². The summed E-state index contributed by atoms with van der Waals surface area (Å²) >= 11 is 0.898. The summed E-state index contributed by atoms with van der Waals surface area (Å²) in [6.07, 6.45) is 6.18. The van der Waals surface area contributed by atoms with E-state index in [1.165, 1.54) is 79.2 Å². The van der Waals surface area contributed by atoms with Gasteiger partial charge in [-0.25, -0.2) is 12.2 Å². The van der Waals surface area contributed by atoms with Gasteiger partial charge in [-0.1, -0.05) is 105 Å². The first-order valence-electron chi connectivity index (χ1n) is 19.5. The van der Waals surface area contributed by atoms with Crippen LogP contribution in [0.25, 0.3) is 32.7 Å². The maximum Gasteiger partial charge on any atom is -0.109 e. The molecule has 0 unspecified atom stereocenters. The number of alkyl halides is 6. The SMILES string of the molecule is CC(C)(C)C1=CC(C)(C)c2cc3[cH-]c4cc5c(cc4c3cc21)C(C(C)(C)C)=CC5(C)C.FC(F)(F)c1ccc([C](=[Zr+2])c2ccc(C(F)(F)F)cc2)cc1.[C-]1=CC=CC1.[Cl-].[Cl-]. The van der Waals surface area contributed by atoms with Gasteiger partial charge >= 0.3 is 137 Å². The standard InChI is InChI=1S/C31H37.C15H8F6.C5H5.2ClH.Zr/c1-28(2,3)26-16-30(7,8)24-12-18-11-19-13-25-23(15-21(19)20(18)14-22(24)26)27(29(4,5)6)17-31(25,9)10;16-14(17,18)12-5-1-10(2-6-12)9-11-3-7-13(8-4-11)15(19,20)21;1-2-4-5-3-1;;;/h11-17H,1-10H3;1-8H;1-3H,4H2;2*1H;/q-1;;-1;;;+2/p-2. The second kappa shape index (κ2) is 17.4. The molecule has 0 amide bonds. The molecule has 0 aromatic heterocycles. The molecule has 3 aliphatic carbocycles. The summed E-state index contributed by atoms with van der Waals surface area (Å²) in [5, 5.41) is 5.58. The number of allylic oxidation sites excluding steroid dienone is 8. The Morgan fingerprint density at radius 1 is 0.600 bits per heavy atom. The van der Waals surface area contributed by atoms with Crippen LogP contribution in [0.3, 0.4) is 0 Å². The van der Waals surface area contributed by atoms with Crippen molar-refractivity contribution in [3.63, 3.8) is 0 Å². The van der Waals surface area contributed by atoms with Crippen LogP contribution in [0.15, 0.2) is 109 Å². The third kappa shape index (κ3) is 10.3. The summed E-state index contributed by atoms with van der Waals surface area (Å²) < 4.78 is 75.6. The smallest absolute Gasteiger partial charge is 0.109 e. The molecule has 5 aromatic rings. The molecule has 0 N–H and O–H groups in total. The average molecular weight is 939 g/mol. The number of benzene rings is 4. The Morgan fingerprint density at radius 2 is 0.967 bits per heavy atom. The molecular formula is C51H50Cl2F6Zr-2. The molecule has 0 saturated heterocycles. The van der Waals surface area contributed by atoms with E-state index in [0.717, 1.165) is 54.9 Å². The molecule has 316 valence electrons. The van der Waals surface area contributed by atoms with Crippen LogP contribution >= 0.6 is 0 Å². The van der Waals surface area contributed by atoms with E-state index in [2.05, 4.69) is 124 Å². The van der Waals surface area contributed by atoms with Crippen LogP contribution in [0.1, 0.15) is 120 Å². The Hall–Kier alpha value is -3.38. The first-order valence-corrected chi connectivity index (χ1v) is 20.8. The molecule has 0 spiro atoms. The summed E-state index contributed by atoms with van der Waals surface area (Å²) in [6.45, 7) is 23.5. The summed E-state index contributed by atoms with van der Waals surface area (Å²) in [4.78, 5) is 0. The van der Waals surface area contributed by atoms with Crippen LogP contribution in [-0.2, 0) is 47.4 Å². The van der Waals surface area contributed by atoms with E-state index in [9.17, 15) is 26.3 Å². The molecule has 0 fully saturated rings. The molecule has 0 nitrogen and oxygen atoms in total. The fourth-order valence-electron chi connectivity index (χ4n) is 8.05. The van der Waals surface area contributed by atoms with Crippen LogP contribution in [0.4, 0.5) is 26.3 Å². The number of fused-ring (bicyclic) bond motifs is 5. The molecule has 0 aliphatic heterocycles. The van der Waals surface area contributed by atoms with E-state index in [-0.39, 0.29) is 46.5 Å². The largest absolute Gasteiger partial charge is 1.00 e. The molecule has 3 aliphatic rings. The maximum absolute atomic E-state index is 12.5. The van der Waals surface area contributed by atoms with E-state index in [4.69, 9.17) is 0 Å². The van der Waals surface area contributed by atoms with Crippen molar-refractivity contribution in [1.82, 2.24) is 0 Å². The Labute approximate surface area is 378 Å². The molecule has 8 rings (SSSR count). The Bertz CT molecular complexity index is 2330. The van der Waals surface area contributed by atoms with Gasteiger partial charge in [0, 0.05) is 10.8 Å². The fourth-order valence-corrected chi connectivity index (χ4v) is 8.87.